The third-order valence-corrected chi connectivity index (χ3v) is 0.825. The molecule has 0 fully saturated rings. The SMILES string of the molecule is [2H]c1cccc([2H])c1OC. The third kappa shape index (κ3) is 0.997. The van der Waals surface area contributed by atoms with Gasteiger partial charge in [-0.3, -0.25) is 0 Å². The van der Waals surface area contributed by atoms with E-state index in [0.29, 0.717) is 5.75 Å². The molecule has 0 amide bonds. The number of benzene rings is 1. The van der Waals surface area contributed by atoms with Crippen molar-refractivity contribution in [2.45, 2.75) is 0 Å². The summed E-state index contributed by atoms with van der Waals surface area (Å²) in [5.74, 6) is 0.336. The minimum atomic E-state index is 0.259. The van der Waals surface area contributed by atoms with Crippen LogP contribution >= 0.6 is 0 Å². The molecular weight excluding hydrogens is 100 g/mol. The van der Waals surface area contributed by atoms with Crippen LogP contribution in [0.4, 0.5) is 0 Å². The molecule has 1 heteroatoms. The van der Waals surface area contributed by atoms with Gasteiger partial charge in [-0.1, -0.05) is 18.2 Å². The zero-order chi connectivity index (χ0) is 7.56. The highest BCUT2D eigenvalue weighted by Crippen LogP contribution is 2.05. The highest BCUT2D eigenvalue weighted by atomic mass is 16.5. The van der Waals surface area contributed by atoms with Crippen LogP contribution in [0, 0.1) is 0 Å². The Morgan fingerprint density at radius 2 is 2.00 bits per heavy atom. The van der Waals surface area contributed by atoms with Crippen LogP contribution in [-0.2, 0) is 0 Å². The van der Waals surface area contributed by atoms with Crippen molar-refractivity contribution in [2.24, 2.45) is 0 Å². The van der Waals surface area contributed by atoms with Crippen molar-refractivity contribution < 1.29 is 7.48 Å². The van der Waals surface area contributed by atoms with Crippen LogP contribution < -0.4 is 4.74 Å². The van der Waals surface area contributed by atoms with Gasteiger partial charge in [-0.15, -0.1) is 0 Å². The van der Waals surface area contributed by atoms with Gasteiger partial charge in [0.25, 0.3) is 0 Å². The summed E-state index contributed by atoms with van der Waals surface area (Å²) in [7, 11) is 1.46. The van der Waals surface area contributed by atoms with Gasteiger partial charge in [-0.25, -0.2) is 0 Å². The molecule has 8 heavy (non-hydrogen) atoms. The van der Waals surface area contributed by atoms with Crippen LogP contribution in [0.1, 0.15) is 2.74 Å². The number of hydrogen-bond donors (Lipinski definition) is 0. The van der Waals surface area contributed by atoms with Crippen molar-refractivity contribution >= 4 is 0 Å². The second-order valence-electron chi connectivity index (χ2n) is 1.35. The Morgan fingerprint density at radius 3 is 2.38 bits per heavy atom. The molecule has 0 atom stereocenters. The molecule has 0 spiro atoms. The normalized spacial score (nSPS) is 12.1. The van der Waals surface area contributed by atoms with Gasteiger partial charge >= 0.3 is 0 Å². The Labute approximate surface area is 51.7 Å². The van der Waals surface area contributed by atoms with Crippen LogP contribution in [0.15, 0.2) is 30.3 Å². The fraction of sp³-hybridized carbons (Fsp3) is 0.143. The Balaban J connectivity index is 3.17. The van der Waals surface area contributed by atoms with Crippen molar-refractivity contribution in [3.8, 4) is 5.75 Å². The molecule has 1 rings (SSSR count). The van der Waals surface area contributed by atoms with E-state index in [1.807, 2.05) is 0 Å². The van der Waals surface area contributed by atoms with Crippen LogP contribution in [0.3, 0.4) is 0 Å². The summed E-state index contributed by atoms with van der Waals surface area (Å²) in [6.07, 6.45) is 0. The van der Waals surface area contributed by atoms with Gasteiger partial charge in [0.2, 0.25) is 0 Å². The minimum absolute atomic E-state index is 0.259. The number of ether oxygens (including phenoxy) is 1. The highest BCUT2D eigenvalue weighted by Gasteiger charge is 1.80. The molecule has 1 nitrogen and oxygen atoms in total. The minimum Gasteiger partial charge on any atom is -0.497 e. The number of para-hydroxylation sites is 1. The molecule has 1 aromatic rings. The molecule has 0 unspecified atom stereocenters. The maximum absolute atomic E-state index is 7.27. The fourth-order valence-corrected chi connectivity index (χ4v) is 0.455. The van der Waals surface area contributed by atoms with Crippen molar-refractivity contribution in [1.29, 1.82) is 0 Å². The van der Waals surface area contributed by atoms with E-state index >= 15 is 0 Å². The van der Waals surface area contributed by atoms with Gasteiger partial charge in [-0.2, -0.15) is 0 Å². The quantitative estimate of drug-likeness (QED) is 0.534. The first kappa shape index (κ1) is 3.13. The number of rotatable bonds is 1. The lowest BCUT2D eigenvalue weighted by Crippen LogP contribution is -1.78. The molecule has 0 aromatic heterocycles. The molecule has 42 valence electrons. The van der Waals surface area contributed by atoms with Crippen LogP contribution in [0.5, 0.6) is 5.75 Å². The lowest BCUT2D eigenvalue weighted by Gasteiger charge is -1.93. The van der Waals surface area contributed by atoms with E-state index in [1.54, 1.807) is 18.2 Å². The zero-order valence-corrected chi connectivity index (χ0v) is 4.64. The summed E-state index contributed by atoms with van der Waals surface area (Å²) in [6.45, 7) is 0. The Hall–Kier alpha value is -0.980. The first-order valence-corrected chi connectivity index (χ1v) is 2.36. The first-order valence-electron chi connectivity index (χ1n) is 3.36. The molecule has 0 N–H and O–H groups in total. The monoisotopic (exact) mass is 110 g/mol. The molecule has 0 heterocycles. The molecule has 0 saturated heterocycles. The summed E-state index contributed by atoms with van der Waals surface area (Å²) in [6, 6.07) is 5.37. The Kier molecular flexibility index (Phi) is 0.922. The molecule has 0 aliphatic heterocycles. The highest BCUT2D eigenvalue weighted by molar-refractivity contribution is 5.20. The van der Waals surface area contributed by atoms with E-state index in [-0.39, 0.29) is 12.1 Å². The number of hydrogen-bond acceptors (Lipinski definition) is 1. The predicted octanol–water partition coefficient (Wildman–Crippen LogP) is 1.70. The van der Waals surface area contributed by atoms with E-state index in [0.717, 1.165) is 0 Å². The molecule has 0 radical (unpaired) electrons. The average Bonchev–Trinajstić information content (AvgIpc) is 1.88. The Bertz CT molecular complexity index is 215. The van der Waals surface area contributed by atoms with Crippen molar-refractivity contribution in [1.82, 2.24) is 0 Å². The predicted molar refractivity (Wildman–Crippen MR) is 33.0 cm³/mol. The summed E-state index contributed by atoms with van der Waals surface area (Å²) in [5, 5.41) is 0. The van der Waals surface area contributed by atoms with Crippen molar-refractivity contribution in [3.05, 3.63) is 30.3 Å². The standard InChI is InChI=1S/C7H8O/c1-8-7-5-3-2-4-6-7/h2-6H,1H3/i5D,6D. The van der Waals surface area contributed by atoms with Gasteiger partial charge < -0.3 is 4.74 Å². The molecule has 0 bridgehead atoms. The lowest BCUT2D eigenvalue weighted by atomic mass is 10.3. The summed E-state index contributed by atoms with van der Waals surface area (Å²) >= 11 is 0. The maximum atomic E-state index is 7.27. The van der Waals surface area contributed by atoms with Gasteiger partial charge in [-0.05, 0) is 12.1 Å². The molecule has 0 aliphatic carbocycles. The molecule has 0 aliphatic rings. The number of methoxy groups -OCH3 is 1. The zero-order valence-electron chi connectivity index (χ0n) is 6.64. The van der Waals surface area contributed by atoms with E-state index in [1.165, 1.54) is 7.11 Å². The van der Waals surface area contributed by atoms with Crippen LogP contribution in [-0.4, -0.2) is 7.11 Å². The van der Waals surface area contributed by atoms with Gasteiger partial charge in [0.15, 0.2) is 0 Å². The lowest BCUT2D eigenvalue weighted by molar-refractivity contribution is 0.415. The van der Waals surface area contributed by atoms with Crippen LogP contribution in [0.2, 0.25) is 0 Å². The van der Waals surface area contributed by atoms with Crippen molar-refractivity contribution in [2.75, 3.05) is 7.11 Å². The summed E-state index contributed by atoms with van der Waals surface area (Å²) in [4.78, 5) is 0. The average molecular weight is 110 g/mol. The fourth-order valence-electron chi connectivity index (χ4n) is 0.455. The molecular formula is C7H8O. The third-order valence-electron chi connectivity index (χ3n) is 0.825. The molecule has 1 aromatic carbocycles. The van der Waals surface area contributed by atoms with Crippen molar-refractivity contribution in [3.63, 3.8) is 0 Å². The van der Waals surface area contributed by atoms with Gasteiger partial charge in [0, 0.05) is 0 Å². The Morgan fingerprint density at radius 1 is 1.38 bits per heavy atom. The largest absolute Gasteiger partial charge is 0.497 e. The topological polar surface area (TPSA) is 9.23 Å². The van der Waals surface area contributed by atoms with E-state index in [2.05, 4.69) is 0 Å². The maximum Gasteiger partial charge on any atom is 0.118 e. The van der Waals surface area contributed by atoms with Gasteiger partial charge in [0.05, 0.1) is 9.85 Å². The molecule has 0 saturated carbocycles. The van der Waals surface area contributed by atoms with E-state index in [9.17, 15) is 0 Å². The first-order chi connectivity index (χ1) is 4.75. The summed E-state index contributed by atoms with van der Waals surface area (Å²) in [5.41, 5.74) is 0. The summed E-state index contributed by atoms with van der Waals surface area (Å²) < 4.78 is 19.3. The van der Waals surface area contributed by atoms with E-state index in [4.69, 9.17) is 7.48 Å². The van der Waals surface area contributed by atoms with Crippen LogP contribution in [0.25, 0.3) is 0 Å². The second kappa shape index (κ2) is 2.36. The smallest absolute Gasteiger partial charge is 0.118 e. The van der Waals surface area contributed by atoms with E-state index < -0.39 is 0 Å². The second-order valence-corrected chi connectivity index (χ2v) is 1.35. The van der Waals surface area contributed by atoms with Gasteiger partial charge in [0.1, 0.15) is 5.75 Å².